The quantitative estimate of drug-likeness (QED) is 0.796. The molecule has 8 nitrogen and oxygen atoms in total. The molecule has 0 saturated carbocycles. The summed E-state index contributed by atoms with van der Waals surface area (Å²) >= 11 is 0. The van der Waals surface area contributed by atoms with Gasteiger partial charge < -0.3 is 5.11 Å². The number of pyridine rings is 1. The van der Waals surface area contributed by atoms with E-state index in [1.165, 1.54) is 12.3 Å². The van der Waals surface area contributed by atoms with Gasteiger partial charge in [-0.1, -0.05) is 18.2 Å². The highest BCUT2D eigenvalue weighted by Crippen LogP contribution is 2.28. The molecule has 25 heavy (non-hydrogen) atoms. The molecule has 0 spiro atoms. The maximum Gasteiger partial charge on any atom is 0.318 e. The fourth-order valence-corrected chi connectivity index (χ4v) is 6.55. The summed E-state index contributed by atoms with van der Waals surface area (Å²) in [5.41, 5.74) is 0.223. The Labute approximate surface area is 145 Å². The Kier molecular flexibility index (Phi) is 4.52. The number of rotatable bonds is 5. The smallest absolute Gasteiger partial charge is 0.318 e. The van der Waals surface area contributed by atoms with Crippen molar-refractivity contribution in [3.05, 3.63) is 36.5 Å². The van der Waals surface area contributed by atoms with Crippen molar-refractivity contribution >= 4 is 36.7 Å². The highest BCUT2D eigenvalue weighted by Gasteiger charge is 2.40. The molecular weight excluding hydrogens is 368 g/mol. The average molecular weight is 384 g/mol. The molecule has 0 amide bonds. The van der Waals surface area contributed by atoms with Crippen LogP contribution in [0, 0.1) is 0 Å². The van der Waals surface area contributed by atoms with Crippen LogP contribution in [0.1, 0.15) is 6.42 Å². The minimum atomic E-state index is -4.23. The number of nitrogens with zero attached hydrogens (tertiary/aromatic N) is 2. The van der Waals surface area contributed by atoms with Crippen molar-refractivity contribution in [2.75, 3.05) is 18.1 Å². The van der Waals surface area contributed by atoms with Crippen molar-refractivity contribution in [2.45, 2.75) is 17.4 Å². The van der Waals surface area contributed by atoms with Gasteiger partial charge in [0.15, 0.2) is 9.84 Å². The van der Waals surface area contributed by atoms with Crippen LogP contribution in [0.15, 0.2) is 41.4 Å². The maximum atomic E-state index is 13.1. The molecule has 1 aliphatic heterocycles. The van der Waals surface area contributed by atoms with Crippen LogP contribution in [-0.2, 0) is 24.7 Å². The number of fused-ring (bicyclic) bond motifs is 1. The van der Waals surface area contributed by atoms with Crippen molar-refractivity contribution in [3.8, 4) is 0 Å². The topological polar surface area (TPSA) is 122 Å². The number of carboxylic acid groups (broad SMARTS) is 1. The molecule has 2 heterocycles. The molecule has 0 unspecified atom stereocenters. The second kappa shape index (κ2) is 6.36. The molecule has 3 rings (SSSR count). The maximum absolute atomic E-state index is 13.1. The summed E-state index contributed by atoms with van der Waals surface area (Å²) in [5.74, 6) is -1.88. The molecule has 2 aromatic rings. The van der Waals surface area contributed by atoms with E-state index in [-0.39, 0.29) is 28.3 Å². The lowest BCUT2D eigenvalue weighted by molar-refractivity contribution is -0.137. The second-order valence-corrected chi connectivity index (χ2v) is 9.92. The Morgan fingerprint density at radius 3 is 2.64 bits per heavy atom. The van der Waals surface area contributed by atoms with Gasteiger partial charge in [0, 0.05) is 17.6 Å². The predicted molar refractivity (Wildman–Crippen MR) is 90.3 cm³/mol. The third-order valence-corrected chi connectivity index (χ3v) is 7.77. The summed E-state index contributed by atoms with van der Waals surface area (Å²) in [6, 6.07) is 7.05. The highest BCUT2D eigenvalue weighted by molar-refractivity contribution is 7.92. The van der Waals surface area contributed by atoms with Crippen LogP contribution < -0.4 is 0 Å². The van der Waals surface area contributed by atoms with Gasteiger partial charge in [0.25, 0.3) is 0 Å². The summed E-state index contributed by atoms with van der Waals surface area (Å²) in [6.45, 7) is -0.800. The van der Waals surface area contributed by atoms with E-state index in [1.807, 2.05) is 0 Å². The van der Waals surface area contributed by atoms with Crippen LogP contribution in [0.2, 0.25) is 0 Å². The zero-order valence-electron chi connectivity index (χ0n) is 13.1. The first-order valence-electron chi connectivity index (χ1n) is 7.48. The number of benzene rings is 1. The monoisotopic (exact) mass is 384 g/mol. The van der Waals surface area contributed by atoms with Crippen LogP contribution in [-0.4, -0.2) is 61.3 Å². The molecule has 0 aliphatic carbocycles. The Morgan fingerprint density at radius 1 is 1.28 bits per heavy atom. The van der Waals surface area contributed by atoms with E-state index in [0.717, 1.165) is 4.31 Å². The van der Waals surface area contributed by atoms with Crippen LogP contribution >= 0.6 is 0 Å². The minimum absolute atomic E-state index is 0.0764. The molecule has 1 aromatic carbocycles. The molecular formula is C15H16N2O6S2. The molecule has 0 bridgehead atoms. The van der Waals surface area contributed by atoms with Gasteiger partial charge in [-0.3, -0.25) is 9.78 Å². The Balaban J connectivity index is 2.12. The van der Waals surface area contributed by atoms with Crippen molar-refractivity contribution in [3.63, 3.8) is 0 Å². The third kappa shape index (κ3) is 3.51. The lowest BCUT2D eigenvalue weighted by atomic mass is 10.2. The van der Waals surface area contributed by atoms with Gasteiger partial charge in [0.1, 0.15) is 11.4 Å². The molecule has 1 N–H and O–H groups in total. The van der Waals surface area contributed by atoms with Crippen LogP contribution in [0.3, 0.4) is 0 Å². The number of para-hydroxylation sites is 1. The third-order valence-electron chi connectivity index (χ3n) is 4.09. The van der Waals surface area contributed by atoms with Gasteiger partial charge >= 0.3 is 5.97 Å². The largest absolute Gasteiger partial charge is 0.480 e. The zero-order chi connectivity index (χ0) is 18.2. The number of sulfonamides is 1. The van der Waals surface area contributed by atoms with E-state index in [9.17, 15) is 21.6 Å². The van der Waals surface area contributed by atoms with Crippen LogP contribution in [0.25, 0.3) is 10.9 Å². The molecule has 0 radical (unpaired) electrons. The van der Waals surface area contributed by atoms with E-state index >= 15 is 0 Å². The molecule has 1 atom stereocenters. The van der Waals surface area contributed by atoms with E-state index in [2.05, 4.69) is 4.98 Å². The van der Waals surface area contributed by atoms with Gasteiger partial charge in [-0.2, -0.15) is 4.31 Å². The van der Waals surface area contributed by atoms with E-state index in [4.69, 9.17) is 5.11 Å². The Bertz CT molecular complexity index is 1030. The highest BCUT2D eigenvalue weighted by atomic mass is 32.2. The number of carboxylic acids is 1. The first kappa shape index (κ1) is 17.8. The zero-order valence-corrected chi connectivity index (χ0v) is 14.7. The van der Waals surface area contributed by atoms with E-state index < -0.39 is 38.4 Å². The summed E-state index contributed by atoms with van der Waals surface area (Å²) in [6.07, 6.45) is 1.52. The summed E-state index contributed by atoms with van der Waals surface area (Å²) < 4.78 is 50.4. The van der Waals surface area contributed by atoms with Gasteiger partial charge in [-0.05, 0) is 18.6 Å². The standard InChI is InChI=1S/C15H16N2O6S2/c18-14(19)9-17(12-6-8-24(20,21)10-12)25(22,23)13-5-1-3-11-4-2-7-16-15(11)13/h1-5,7,12H,6,8-10H2,(H,18,19)/t12-/m1/s1. The summed E-state index contributed by atoms with van der Waals surface area (Å²) in [7, 11) is -7.61. The SMILES string of the molecule is O=C(O)CN([C@@H]1CCS(=O)(=O)C1)S(=O)(=O)c1cccc2cccnc12. The van der Waals surface area contributed by atoms with E-state index in [0.29, 0.717) is 5.39 Å². The van der Waals surface area contributed by atoms with Crippen molar-refractivity contribution in [2.24, 2.45) is 0 Å². The first-order valence-corrected chi connectivity index (χ1v) is 10.7. The minimum Gasteiger partial charge on any atom is -0.480 e. The Morgan fingerprint density at radius 2 is 2.00 bits per heavy atom. The predicted octanol–water partition coefficient (Wildman–Crippen LogP) is 0.497. The number of hydrogen-bond donors (Lipinski definition) is 1. The average Bonchev–Trinajstić information content (AvgIpc) is 2.91. The van der Waals surface area contributed by atoms with Gasteiger partial charge in [0.05, 0.1) is 17.0 Å². The summed E-state index contributed by atoms with van der Waals surface area (Å²) in [4.78, 5) is 15.2. The number of carbonyl (C=O) groups is 1. The molecule has 1 saturated heterocycles. The Hall–Kier alpha value is -2.04. The number of hydrogen-bond acceptors (Lipinski definition) is 6. The van der Waals surface area contributed by atoms with Crippen LogP contribution in [0.5, 0.6) is 0 Å². The fraction of sp³-hybridized carbons (Fsp3) is 0.333. The molecule has 1 aromatic heterocycles. The second-order valence-electron chi connectivity index (χ2n) is 5.83. The van der Waals surface area contributed by atoms with E-state index in [1.54, 1.807) is 24.3 Å². The number of sulfone groups is 1. The fourth-order valence-electron chi connectivity index (χ4n) is 2.96. The molecule has 1 aliphatic rings. The van der Waals surface area contributed by atoms with Crippen molar-refractivity contribution in [1.29, 1.82) is 0 Å². The number of aromatic nitrogens is 1. The van der Waals surface area contributed by atoms with Gasteiger partial charge in [-0.25, -0.2) is 16.8 Å². The lowest BCUT2D eigenvalue weighted by Gasteiger charge is -2.26. The molecule has 10 heteroatoms. The van der Waals surface area contributed by atoms with Crippen LogP contribution in [0.4, 0.5) is 0 Å². The normalized spacial score (nSPS) is 20.1. The lowest BCUT2D eigenvalue weighted by Crippen LogP contribution is -2.44. The first-order chi connectivity index (χ1) is 11.7. The summed E-state index contributed by atoms with van der Waals surface area (Å²) in [5, 5.41) is 9.72. The molecule has 134 valence electrons. The number of aliphatic carboxylic acids is 1. The van der Waals surface area contributed by atoms with Crippen molar-refractivity contribution < 1.29 is 26.7 Å². The molecule has 1 fully saturated rings. The van der Waals surface area contributed by atoms with Gasteiger partial charge in [0.2, 0.25) is 10.0 Å². The van der Waals surface area contributed by atoms with Crippen molar-refractivity contribution in [1.82, 2.24) is 9.29 Å². The van der Waals surface area contributed by atoms with Gasteiger partial charge in [-0.15, -0.1) is 0 Å².